The van der Waals surface area contributed by atoms with E-state index in [1.165, 1.54) is 6.92 Å². The molecule has 0 aliphatic rings. The number of Topliss-reactive ketones (excluding diaryl/α,β-unsaturated/α-hetero) is 1. The maximum atomic E-state index is 12.7. The molecular weight excluding hydrogens is 512 g/mol. The minimum atomic E-state index is -1.58. The fourth-order valence-electron chi connectivity index (χ4n) is 2.92. The third-order valence-electron chi connectivity index (χ3n) is 4.86. The SMILES string of the molecule is CC(=O)CCC(NC(=O)CCC(NC(=O)COCCOCCN)C(=O)NC(CCC(=O)O)C(=O)O)C(=O)O. The number of carboxylic acid groups (broad SMARTS) is 3. The summed E-state index contributed by atoms with van der Waals surface area (Å²) in [5.41, 5.74) is 5.27. The Morgan fingerprint density at radius 2 is 1.21 bits per heavy atom. The molecule has 0 fully saturated rings. The normalized spacial score (nSPS) is 13.0. The smallest absolute Gasteiger partial charge is 0.326 e. The highest BCUT2D eigenvalue weighted by Gasteiger charge is 2.28. The van der Waals surface area contributed by atoms with E-state index in [0.29, 0.717) is 13.2 Å². The molecule has 0 aliphatic heterocycles. The molecule has 0 aromatic rings. The van der Waals surface area contributed by atoms with Crippen LogP contribution in [0.15, 0.2) is 0 Å². The lowest BCUT2D eigenvalue weighted by Gasteiger charge is -2.21. The Balaban J connectivity index is 5.23. The van der Waals surface area contributed by atoms with Crippen LogP contribution in [0.4, 0.5) is 0 Å². The molecular formula is C22H36N4O12. The van der Waals surface area contributed by atoms with E-state index in [4.69, 9.17) is 20.3 Å². The highest BCUT2D eigenvalue weighted by Crippen LogP contribution is 2.05. The third-order valence-corrected chi connectivity index (χ3v) is 4.86. The Kier molecular flexibility index (Phi) is 17.6. The summed E-state index contributed by atoms with van der Waals surface area (Å²) in [6.45, 7) is 1.58. The number of aliphatic carboxylic acids is 3. The molecule has 216 valence electrons. The van der Waals surface area contributed by atoms with E-state index >= 15 is 0 Å². The average Bonchev–Trinajstić information content (AvgIpc) is 2.83. The number of carboxylic acids is 3. The molecule has 0 bridgehead atoms. The van der Waals surface area contributed by atoms with Crippen LogP contribution in [0, 0.1) is 0 Å². The van der Waals surface area contributed by atoms with Crippen LogP contribution in [0.2, 0.25) is 0 Å². The van der Waals surface area contributed by atoms with Gasteiger partial charge in [0.1, 0.15) is 30.5 Å². The van der Waals surface area contributed by atoms with Crippen molar-refractivity contribution in [2.75, 3.05) is 33.0 Å². The zero-order valence-corrected chi connectivity index (χ0v) is 21.1. The molecule has 0 saturated heterocycles. The molecule has 0 aromatic heterocycles. The van der Waals surface area contributed by atoms with Crippen molar-refractivity contribution in [1.29, 1.82) is 0 Å². The topological polar surface area (TPSA) is 261 Å². The summed E-state index contributed by atoms with van der Waals surface area (Å²) in [4.78, 5) is 82.0. The highest BCUT2D eigenvalue weighted by molar-refractivity contribution is 5.91. The van der Waals surface area contributed by atoms with Crippen LogP contribution < -0.4 is 21.7 Å². The fraction of sp³-hybridized carbons (Fsp3) is 0.682. The van der Waals surface area contributed by atoms with E-state index in [1.54, 1.807) is 0 Å². The monoisotopic (exact) mass is 548 g/mol. The van der Waals surface area contributed by atoms with Crippen molar-refractivity contribution >= 4 is 41.4 Å². The van der Waals surface area contributed by atoms with Gasteiger partial charge in [-0.3, -0.25) is 19.2 Å². The number of nitrogens with one attached hydrogen (secondary N) is 3. The maximum absolute atomic E-state index is 12.7. The first kappa shape index (κ1) is 34.4. The number of carbonyl (C=O) groups is 7. The molecule has 16 nitrogen and oxygen atoms in total. The molecule has 38 heavy (non-hydrogen) atoms. The Morgan fingerprint density at radius 3 is 1.76 bits per heavy atom. The molecule has 0 radical (unpaired) electrons. The van der Waals surface area contributed by atoms with Gasteiger partial charge >= 0.3 is 17.9 Å². The molecule has 8 N–H and O–H groups in total. The number of amides is 3. The first-order chi connectivity index (χ1) is 17.9. The average molecular weight is 549 g/mol. The Labute approximate surface area is 218 Å². The van der Waals surface area contributed by atoms with Crippen molar-refractivity contribution in [3.63, 3.8) is 0 Å². The lowest BCUT2D eigenvalue weighted by molar-refractivity contribution is -0.143. The number of hydrogen-bond donors (Lipinski definition) is 7. The molecule has 0 rings (SSSR count). The second kappa shape index (κ2) is 19.5. The minimum Gasteiger partial charge on any atom is -0.481 e. The molecule has 16 heteroatoms. The molecule has 3 atom stereocenters. The summed E-state index contributed by atoms with van der Waals surface area (Å²) in [5.74, 6) is -6.97. The lowest BCUT2D eigenvalue weighted by Crippen LogP contribution is -2.52. The number of ether oxygens (including phenoxy) is 2. The van der Waals surface area contributed by atoms with E-state index in [9.17, 15) is 43.8 Å². The molecule has 0 aliphatic carbocycles. The maximum Gasteiger partial charge on any atom is 0.326 e. The minimum absolute atomic E-state index is 0.0415. The van der Waals surface area contributed by atoms with E-state index in [1.807, 2.05) is 0 Å². The second-order valence-corrected chi connectivity index (χ2v) is 8.14. The standard InChI is InChI=1S/C22H36N4O12/c1-13(27)2-3-15(21(33)34)25-17(28)6-4-14(24-18(29)12-38-11-10-37-9-8-23)20(32)26-16(22(35)36)5-7-19(30)31/h14-16H,2-12,23H2,1H3,(H,24,29)(H,25,28)(H,26,32)(H,30,31)(H,33,34)(H,35,36). The van der Waals surface area contributed by atoms with Gasteiger partial charge in [0.2, 0.25) is 17.7 Å². The van der Waals surface area contributed by atoms with Crippen molar-refractivity contribution in [2.24, 2.45) is 5.73 Å². The van der Waals surface area contributed by atoms with E-state index in [2.05, 4.69) is 16.0 Å². The van der Waals surface area contributed by atoms with Crippen LogP contribution in [0.25, 0.3) is 0 Å². The van der Waals surface area contributed by atoms with Gasteiger partial charge < -0.3 is 51.3 Å². The number of nitrogens with two attached hydrogens (primary N) is 1. The van der Waals surface area contributed by atoms with Crippen LogP contribution in [0.1, 0.15) is 45.4 Å². The van der Waals surface area contributed by atoms with E-state index in [0.717, 1.165) is 0 Å². The first-order valence-electron chi connectivity index (χ1n) is 11.8. The Morgan fingerprint density at radius 1 is 0.684 bits per heavy atom. The van der Waals surface area contributed by atoms with Crippen molar-refractivity contribution in [3.8, 4) is 0 Å². The molecule has 0 saturated carbocycles. The summed E-state index contributed by atoms with van der Waals surface area (Å²) in [7, 11) is 0. The van der Waals surface area contributed by atoms with Crippen molar-refractivity contribution in [3.05, 3.63) is 0 Å². The van der Waals surface area contributed by atoms with Crippen molar-refractivity contribution < 1.29 is 58.4 Å². The number of ketones is 1. The van der Waals surface area contributed by atoms with Gasteiger partial charge in [-0.2, -0.15) is 0 Å². The van der Waals surface area contributed by atoms with Crippen molar-refractivity contribution in [2.45, 2.75) is 63.6 Å². The molecule has 0 spiro atoms. The zero-order valence-electron chi connectivity index (χ0n) is 21.1. The number of hydrogen-bond acceptors (Lipinski definition) is 10. The zero-order chi connectivity index (χ0) is 29.1. The van der Waals surface area contributed by atoms with Gasteiger partial charge in [0, 0.05) is 25.8 Å². The Hall–Kier alpha value is -3.63. The largest absolute Gasteiger partial charge is 0.481 e. The second-order valence-electron chi connectivity index (χ2n) is 8.14. The van der Waals surface area contributed by atoms with Gasteiger partial charge in [-0.25, -0.2) is 9.59 Å². The predicted octanol–water partition coefficient (Wildman–Crippen LogP) is -2.38. The van der Waals surface area contributed by atoms with Crippen molar-refractivity contribution in [1.82, 2.24) is 16.0 Å². The number of rotatable bonds is 22. The highest BCUT2D eigenvalue weighted by atomic mass is 16.5. The molecule has 3 unspecified atom stereocenters. The van der Waals surface area contributed by atoms with Crippen LogP contribution in [0.5, 0.6) is 0 Å². The summed E-state index contributed by atoms with van der Waals surface area (Å²) in [6.07, 6.45) is -2.00. The molecule has 0 heterocycles. The summed E-state index contributed by atoms with van der Waals surface area (Å²) in [6, 6.07) is -4.36. The quantitative estimate of drug-likeness (QED) is 0.0698. The fourth-order valence-corrected chi connectivity index (χ4v) is 2.92. The lowest BCUT2D eigenvalue weighted by atomic mass is 10.1. The summed E-state index contributed by atoms with van der Waals surface area (Å²) in [5, 5.41) is 34.0. The number of carbonyl (C=O) groups excluding carboxylic acids is 4. The van der Waals surface area contributed by atoms with Gasteiger partial charge in [0.05, 0.1) is 19.8 Å². The molecule has 0 aromatic carbocycles. The molecule has 3 amide bonds. The van der Waals surface area contributed by atoms with Gasteiger partial charge in [-0.05, 0) is 26.2 Å². The van der Waals surface area contributed by atoms with Gasteiger partial charge in [-0.15, -0.1) is 0 Å². The first-order valence-corrected chi connectivity index (χ1v) is 11.8. The van der Waals surface area contributed by atoms with Gasteiger partial charge in [0.15, 0.2) is 0 Å². The predicted molar refractivity (Wildman–Crippen MR) is 128 cm³/mol. The summed E-state index contributed by atoms with van der Waals surface area (Å²) >= 11 is 0. The van der Waals surface area contributed by atoms with Crippen LogP contribution in [-0.4, -0.2) is 108 Å². The van der Waals surface area contributed by atoms with E-state index in [-0.39, 0.29) is 38.3 Å². The Bertz CT molecular complexity index is 835. The summed E-state index contributed by atoms with van der Waals surface area (Å²) < 4.78 is 10.2. The van der Waals surface area contributed by atoms with Gasteiger partial charge in [0.25, 0.3) is 0 Å². The van der Waals surface area contributed by atoms with Crippen LogP contribution in [0.3, 0.4) is 0 Å². The third kappa shape index (κ3) is 16.9. The van der Waals surface area contributed by atoms with Crippen LogP contribution in [-0.2, 0) is 43.0 Å². The van der Waals surface area contributed by atoms with Gasteiger partial charge in [-0.1, -0.05) is 0 Å². The van der Waals surface area contributed by atoms with E-state index < -0.39 is 79.6 Å². The van der Waals surface area contributed by atoms with Crippen LogP contribution >= 0.6 is 0 Å².